The monoisotopic (exact) mass is 516 g/mol. The topological polar surface area (TPSA) is 0 Å². The predicted octanol–water partition coefficient (Wildman–Crippen LogP) is 7.35. The van der Waals surface area contributed by atoms with Crippen LogP contribution in [0.1, 0.15) is 35.9 Å². The molecular formula is C25H28Cl2SiZr. The number of fused-ring (bicyclic) bond motifs is 2. The first-order chi connectivity index (χ1) is 13.2. The zero-order valence-corrected chi connectivity index (χ0v) is 22.2. The fourth-order valence-corrected chi connectivity index (χ4v) is 39.6. The molecule has 2 atom stereocenters. The van der Waals surface area contributed by atoms with Gasteiger partial charge >= 0.3 is 169 Å². The number of allylic oxidation sites excluding steroid dienone is 6. The van der Waals surface area contributed by atoms with E-state index in [9.17, 15) is 0 Å². The quantitative estimate of drug-likeness (QED) is 0.371. The molecule has 2 aromatic carbocycles. The number of rotatable bonds is 4. The third kappa shape index (κ3) is 3.47. The Labute approximate surface area is 192 Å². The van der Waals surface area contributed by atoms with Crippen LogP contribution >= 0.6 is 24.8 Å². The van der Waals surface area contributed by atoms with Crippen molar-refractivity contribution in [3.63, 3.8) is 0 Å². The van der Waals surface area contributed by atoms with Crippen molar-refractivity contribution in [3.8, 4) is 0 Å². The first-order valence-corrected chi connectivity index (χ1v) is 21.3. The molecule has 0 saturated carbocycles. The molecule has 2 aromatic rings. The average Bonchev–Trinajstić information content (AvgIpc) is 3.43. The molecule has 0 aromatic heterocycles. The number of halogens is 2. The van der Waals surface area contributed by atoms with E-state index in [0.29, 0.717) is 7.25 Å². The van der Waals surface area contributed by atoms with Gasteiger partial charge in [-0.2, -0.15) is 0 Å². The van der Waals surface area contributed by atoms with E-state index < -0.39 is 25.4 Å². The molecular weight excluding hydrogens is 490 g/mol. The van der Waals surface area contributed by atoms with Crippen molar-refractivity contribution in [1.29, 1.82) is 0 Å². The van der Waals surface area contributed by atoms with Gasteiger partial charge in [-0.15, -0.1) is 24.8 Å². The van der Waals surface area contributed by atoms with Gasteiger partial charge in [0.05, 0.1) is 0 Å². The minimum atomic E-state index is -2.84. The van der Waals surface area contributed by atoms with E-state index >= 15 is 0 Å². The summed E-state index contributed by atoms with van der Waals surface area (Å²) >= 11 is -2.84. The van der Waals surface area contributed by atoms with Crippen LogP contribution in [0.2, 0.25) is 13.1 Å². The maximum absolute atomic E-state index is 2.84. The Morgan fingerprint density at radius 3 is 1.76 bits per heavy atom. The van der Waals surface area contributed by atoms with E-state index in [1.165, 1.54) is 17.5 Å². The predicted molar refractivity (Wildman–Crippen MR) is 132 cm³/mol. The van der Waals surface area contributed by atoms with E-state index in [1.54, 1.807) is 11.1 Å². The SMILES string of the molecule is C[SiH](C)[Zr]([C]1=CC=CC1)([CH]1C=Cc2ccccc21)[CH]1C=Cc2ccccc21.Cl.Cl. The molecule has 4 heteroatoms. The minimum Gasteiger partial charge on any atom is -0.147 e. The van der Waals surface area contributed by atoms with E-state index in [4.69, 9.17) is 0 Å². The summed E-state index contributed by atoms with van der Waals surface area (Å²) in [5.74, 6) is -0.899. The van der Waals surface area contributed by atoms with Crippen molar-refractivity contribution in [1.82, 2.24) is 0 Å². The Kier molecular flexibility index (Phi) is 7.11. The molecule has 2 unspecified atom stereocenters. The molecule has 0 spiro atoms. The fraction of sp³-hybridized carbons (Fsp3) is 0.200. The van der Waals surface area contributed by atoms with Gasteiger partial charge in [0.1, 0.15) is 0 Å². The molecule has 0 bridgehead atoms. The van der Waals surface area contributed by atoms with Crippen LogP contribution in [0.3, 0.4) is 0 Å². The Bertz CT molecular complexity index is 957. The molecule has 0 amide bonds. The van der Waals surface area contributed by atoms with E-state index in [-0.39, 0.29) is 24.8 Å². The second-order valence-electron chi connectivity index (χ2n) is 8.34. The molecule has 0 heterocycles. The normalized spacial score (nSPS) is 22.5. The van der Waals surface area contributed by atoms with Gasteiger partial charge in [0.25, 0.3) is 0 Å². The summed E-state index contributed by atoms with van der Waals surface area (Å²) in [5.41, 5.74) is 6.14. The molecule has 3 aliphatic carbocycles. The second-order valence-corrected chi connectivity index (χ2v) is 34.0. The molecule has 3 aliphatic rings. The van der Waals surface area contributed by atoms with Gasteiger partial charge in [-0.3, -0.25) is 0 Å². The fourth-order valence-electron chi connectivity index (χ4n) is 5.78. The van der Waals surface area contributed by atoms with Crippen LogP contribution in [0.25, 0.3) is 12.2 Å². The largest absolute Gasteiger partial charge is 0.147 e. The Morgan fingerprint density at radius 1 is 0.793 bits per heavy atom. The number of hydrogen-bond donors (Lipinski definition) is 0. The molecule has 0 saturated heterocycles. The van der Waals surface area contributed by atoms with Crippen molar-refractivity contribution in [2.75, 3.05) is 0 Å². The Hall–Kier alpha value is -0.920. The summed E-state index contributed by atoms with van der Waals surface area (Å²) in [6, 6.07) is 18.3. The van der Waals surface area contributed by atoms with Gasteiger partial charge in [-0.05, 0) is 0 Å². The third-order valence-corrected chi connectivity index (χ3v) is 40.5. The van der Waals surface area contributed by atoms with Crippen LogP contribution in [0.15, 0.2) is 82.2 Å². The van der Waals surface area contributed by atoms with Crippen LogP contribution < -0.4 is 0 Å². The second kappa shape index (κ2) is 9.06. The number of hydrogen-bond acceptors (Lipinski definition) is 0. The summed E-state index contributed by atoms with van der Waals surface area (Å²) < 4.78 is 3.20. The molecule has 0 radical (unpaired) electrons. The smallest absolute Gasteiger partial charge is 0.147 e. The standard InChI is InChI=1S/2C9H7.C5H5.C2H7Si.2ClH.Zr/c2*1-2-5-9-7-3-6-8(9)4-1;1-2-4-5-3-1;1-3-2;;;/h2*1-7H;1-3H,4H2;3H,1-2H3;2*1H;. The Morgan fingerprint density at radius 2 is 1.31 bits per heavy atom. The van der Waals surface area contributed by atoms with Gasteiger partial charge < -0.3 is 0 Å². The van der Waals surface area contributed by atoms with E-state index in [0.717, 1.165) is 0 Å². The van der Waals surface area contributed by atoms with Crippen LogP contribution in [-0.2, 0) is 19.4 Å². The average molecular weight is 519 g/mol. The number of benzene rings is 2. The van der Waals surface area contributed by atoms with Crippen molar-refractivity contribution >= 4 is 42.9 Å². The first-order valence-electron chi connectivity index (χ1n) is 10.1. The summed E-state index contributed by atoms with van der Waals surface area (Å²) in [4.78, 5) is 0. The molecule has 29 heavy (non-hydrogen) atoms. The van der Waals surface area contributed by atoms with Crippen LogP contribution in [-0.4, -0.2) is 5.92 Å². The zero-order valence-electron chi connectivity index (χ0n) is 16.9. The van der Waals surface area contributed by atoms with Gasteiger partial charge in [-0.1, -0.05) is 0 Å². The van der Waals surface area contributed by atoms with Crippen LogP contribution in [0.4, 0.5) is 0 Å². The van der Waals surface area contributed by atoms with Crippen LogP contribution in [0.5, 0.6) is 0 Å². The first kappa shape index (κ1) is 22.8. The van der Waals surface area contributed by atoms with Gasteiger partial charge in [-0.25, -0.2) is 0 Å². The molecule has 0 fully saturated rings. The molecule has 5 rings (SSSR count). The summed E-state index contributed by atoms with van der Waals surface area (Å²) in [6.45, 7) is 5.30. The molecule has 150 valence electrons. The van der Waals surface area contributed by atoms with Crippen molar-refractivity contribution in [2.24, 2.45) is 0 Å². The molecule has 0 N–H and O–H groups in total. The summed E-state index contributed by atoms with van der Waals surface area (Å²) in [7, 11) is 0. The van der Waals surface area contributed by atoms with Gasteiger partial charge in [0, 0.05) is 0 Å². The summed E-state index contributed by atoms with van der Waals surface area (Å²) in [5, 5.41) is 0. The maximum Gasteiger partial charge on any atom is -0.147 e. The van der Waals surface area contributed by atoms with Crippen LogP contribution in [0, 0.1) is 0 Å². The Balaban J connectivity index is 0.00000120. The minimum absolute atomic E-state index is 0. The molecule has 0 nitrogen and oxygen atoms in total. The third-order valence-electron chi connectivity index (χ3n) is 6.91. The van der Waals surface area contributed by atoms with Crippen molar-refractivity contribution < 1.29 is 19.4 Å². The van der Waals surface area contributed by atoms with Crippen molar-refractivity contribution in [3.05, 3.63) is 104 Å². The van der Waals surface area contributed by atoms with Crippen molar-refractivity contribution in [2.45, 2.75) is 26.8 Å². The maximum atomic E-state index is 2.65. The molecule has 0 aliphatic heterocycles. The van der Waals surface area contributed by atoms with Gasteiger partial charge in [0.15, 0.2) is 0 Å². The zero-order chi connectivity index (χ0) is 18.4. The van der Waals surface area contributed by atoms with E-state index in [2.05, 4.69) is 104 Å². The van der Waals surface area contributed by atoms with Gasteiger partial charge in [0.2, 0.25) is 0 Å². The summed E-state index contributed by atoms with van der Waals surface area (Å²) in [6.07, 6.45) is 18.5. The van der Waals surface area contributed by atoms with E-state index in [1.807, 2.05) is 3.28 Å².